The molecule has 0 radical (unpaired) electrons. The highest BCUT2D eigenvalue weighted by Crippen LogP contribution is 2.22. The Labute approximate surface area is 178 Å². The summed E-state index contributed by atoms with van der Waals surface area (Å²) in [4.78, 5) is 12.2. The van der Waals surface area contributed by atoms with E-state index in [4.69, 9.17) is 0 Å². The van der Waals surface area contributed by atoms with Crippen LogP contribution in [-0.4, -0.2) is 21.8 Å². The van der Waals surface area contributed by atoms with Gasteiger partial charge in [0.05, 0.1) is 9.78 Å². The van der Waals surface area contributed by atoms with Gasteiger partial charge in [-0.05, 0) is 97.8 Å². The van der Waals surface area contributed by atoms with Gasteiger partial charge in [-0.1, -0.05) is 6.07 Å². The van der Waals surface area contributed by atoms with Gasteiger partial charge in [-0.15, -0.1) is 0 Å². The largest absolute Gasteiger partial charge is 0.507 e. The Kier molecular flexibility index (Phi) is 5.88. The third kappa shape index (κ3) is 4.11. The van der Waals surface area contributed by atoms with Crippen LogP contribution >= 0.6 is 22.6 Å². The van der Waals surface area contributed by atoms with E-state index in [-0.39, 0.29) is 11.7 Å². The fourth-order valence-electron chi connectivity index (χ4n) is 3.06. The van der Waals surface area contributed by atoms with Crippen molar-refractivity contribution in [3.8, 4) is 11.4 Å². The van der Waals surface area contributed by atoms with Crippen molar-refractivity contribution in [1.29, 1.82) is 0 Å². The number of benzene rings is 2. The molecule has 1 aromatic heterocycles. The lowest BCUT2D eigenvalue weighted by molar-refractivity contribution is 0.0954. The van der Waals surface area contributed by atoms with Crippen molar-refractivity contribution in [2.75, 3.05) is 0 Å². The number of halogens is 1. The Bertz CT molecular complexity index is 1080. The van der Waals surface area contributed by atoms with Gasteiger partial charge in [-0.25, -0.2) is 5.43 Å². The Morgan fingerprint density at radius 2 is 1.82 bits per heavy atom. The van der Waals surface area contributed by atoms with Crippen molar-refractivity contribution in [1.82, 2.24) is 9.99 Å². The molecular weight excluding hydrogens is 465 g/mol. The molecule has 144 valence electrons. The number of nitrogens with one attached hydrogen (secondary N) is 1. The summed E-state index contributed by atoms with van der Waals surface area (Å²) in [5.41, 5.74) is 9.56. The number of aromatic hydroxyl groups is 1. The Hall–Kier alpha value is -2.61. The molecule has 1 amide bonds. The van der Waals surface area contributed by atoms with Gasteiger partial charge in [0.25, 0.3) is 5.91 Å². The monoisotopic (exact) mass is 487 g/mol. The summed E-state index contributed by atoms with van der Waals surface area (Å²) in [6.45, 7) is 8.28. The Morgan fingerprint density at radius 1 is 1.07 bits per heavy atom. The summed E-state index contributed by atoms with van der Waals surface area (Å²) in [5, 5.41) is 13.8. The van der Waals surface area contributed by atoms with Crippen molar-refractivity contribution in [3.63, 3.8) is 0 Å². The lowest BCUT2D eigenvalue weighted by Crippen LogP contribution is -2.17. The number of aromatic nitrogens is 1. The molecule has 0 fully saturated rings. The first-order chi connectivity index (χ1) is 13.3. The summed E-state index contributed by atoms with van der Waals surface area (Å²) in [6.07, 6.45) is 1.64. The van der Waals surface area contributed by atoms with E-state index >= 15 is 0 Å². The lowest BCUT2D eigenvalue weighted by atomic mass is 10.1. The highest BCUT2D eigenvalue weighted by molar-refractivity contribution is 14.1. The molecule has 0 saturated heterocycles. The highest BCUT2D eigenvalue weighted by atomic mass is 127. The first-order valence-electron chi connectivity index (χ1n) is 8.86. The fourth-order valence-corrected chi connectivity index (χ4v) is 3.39. The van der Waals surface area contributed by atoms with Crippen LogP contribution in [-0.2, 0) is 0 Å². The van der Waals surface area contributed by atoms with Gasteiger partial charge in [0, 0.05) is 28.2 Å². The number of amides is 1. The molecule has 0 aliphatic carbocycles. The van der Waals surface area contributed by atoms with Crippen LogP contribution in [0.15, 0.2) is 47.6 Å². The maximum atomic E-state index is 12.2. The first kappa shape index (κ1) is 20.1. The zero-order chi connectivity index (χ0) is 20.4. The molecule has 0 saturated carbocycles. The topological polar surface area (TPSA) is 66.6 Å². The van der Waals surface area contributed by atoms with Crippen LogP contribution in [0.2, 0.25) is 0 Å². The zero-order valence-electron chi connectivity index (χ0n) is 16.2. The molecule has 2 N–H and O–H groups in total. The van der Waals surface area contributed by atoms with Crippen LogP contribution in [0.25, 0.3) is 5.69 Å². The van der Waals surface area contributed by atoms with Gasteiger partial charge >= 0.3 is 0 Å². The number of hydrazone groups is 1. The first-order valence-corrected chi connectivity index (χ1v) is 9.94. The second-order valence-corrected chi connectivity index (χ2v) is 7.96. The molecule has 0 aliphatic heterocycles. The predicted octanol–water partition coefficient (Wildman–Crippen LogP) is 4.79. The summed E-state index contributed by atoms with van der Waals surface area (Å²) in [7, 11) is 0. The fraction of sp³-hybridized carbons (Fsp3) is 0.182. The number of carbonyl (C=O) groups is 1. The second kappa shape index (κ2) is 8.18. The van der Waals surface area contributed by atoms with Gasteiger partial charge in [0.15, 0.2) is 0 Å². The molecule has 1 heterocycles. The van der Waals surface area contributed by atoms with E-state index in [1.165, 1.54) is 17.2 Å². The van der Waals surface area contributed by atoms with Crippen LogP contribution in [0.4, 0.5) is 0 Å². The summed E-state index contributed by atoms with van der Waals surface area (Å²) < 4.78 is 2.86. The second-order valence-electron chi connectivity index (χ2n) is 6.80. The molecule has 2 aromatic carbocycles. The number of phenols is 1. The van der Waals surface area contributed by atoms with E-state index in [1.807, 2.05) is 42.5 Å². The minimum absolute atomic E-state index is 0.0779. The molecule has 0 bridgehead atoms. The normalized spacial score (nSPS) is 11.2. The number of rotatable bonds is 4. The molecular formula is C22H22IN3O2. The number of nitrogens with zero attached hydrogens (tertiary/aromatic N) is 2. The molecule has 28 heavy (non-hydrogen) atoms. The third-order valence-corrected chi connectivity index (χ3v) is 5.71. The van der Waals surface area contributed by atoms with Gasteiger partial charge in [-0.2, -0.15) is 5.10 Å². The maximum Gasteiger partial charge on any atom is 0.271 e. The van der Waals surface area contributed by atoms with Crippen LogP contribution in [0.1, 0.15) is 38.4 Å². The van der Waals surface area contributed by atoms with Gasteiger partial charge in [0.2, 0.25) is 0 Å². The zero-order valence-corrected chi connectivity index (χ0v) is 18.4. The number of hydrogen-bond acceptors (Lipinski definition) is 3. The number of phenolic OH excluding ortho intramolecular Hbond substituents is 1. The summed E-state index contributed by atoms with van der Waals surface area (Å²) >= 11 is 2.00. The van der Waals surface area contributed by atoms with Gasteiger partial charge in [-0.3, -0.25) is 4.79 Å². The quantitative estimate of drug-likeness (QED) is 0.316. The van der Waals surface area contributed by atoms with Gasteiger partial charge < -0.3 is 9.67 Å². The van der Waals surface area contributed by atoms with Crippen molar-refractivity contribution >= 4 is 34.7 Å². The number of carbonyl (C=O) groups excluding carboxylic acids is 1. The Morgan fingerprint density at radius 3 is 2.50 bits per heavy atom. The average molecular weight is 487 g/mol. The molecule has 0 unspecified atom stereocenters. The average Bonchev–Trinajstić information content (AvgIpc) is 2.93. The van der Waals surface area contributed by atoms with Crippen molar-refractivity contribution in [2.45, 2.75) is 27.7 Å². The van der Waals surface area contributed by atoms with Crippen LogP contribution < -0.4 is 5.43 Å². The van der Waals surface area contributed by atoms with Crippen molar-refractivity contribution in [2.24, 2.45) is 5.10 Å². The molecule has 3 aromatic rings. The molecule has 0 aliphatic rings. The van der Waals surface area contributed by atoms with Crippen LogP contribution in [0.5, 0.6) is 5.75 Å². The highest BCUT2D eigenvalue weighted by Gasteiger charge is 2.11. The smallest absolute Gasteiger partial charge is 0.271 e. The molecule has 5 nitrogen and oxygen atoms in total. The van der Waals surface area contributed by atoms with Crippen molar-refractivity contribution < 1.29 is 9.90 Å². The van der Waals surface area contributed by atoms with E-state index in [0.717, 1.165) is 22.6 Å². The lowest BCUT2D eigenvalue weighted by Gasteiger charge is -2.11. The summed E-state index contributed by atoms with van der Waals surface area (Å²) in [6, 6.07) is 13.2. The standard InChI is InChI=1S/C22H22IN3O2/c1-13-5-7-19(9-14(13)2)26-15(3)10-18(16(26)4)12-24-25-22(28)17-6-8-20(23)21(27)11-17/h5-12,27H,1-4H3,(H,25,28)/b24-12-. The van der Waals surface area contributed by atoms with Crippen LogP contribution in [0.3, 0.4) is 0 Å². The van der Waals surface area contributed by atoms with Crippen LogP contribution in [0, 0.1) is 31.3 Å². The van der Waals surface area contributed by atoms with Crippen molar-refractivity contribution in [3.05, 3.63) is 79.7 Å². The third-order valence-electron chi connectivity index (χ3n) is 4.80. The molecule has 0 spiro atoms. The SMILES string of the molecule is Cc1ccc(-n2c(C)cc(/C=N\NC(=O)c3ccc(I)c(O)c3)c2C)cc1C. The van der Waals surface area contributed by atoms with E-state index in [9.17, 15) is 9.90 Å². The Balaban J connectivity index is 1.80. The predicted molar refractivity (Wildman–Crippen MR) is 121 cm³/mol. The van der Waals surface area contributed by atoms with E-state index < -0.39 is 0 Å². The maximum absolute atomic E-state index is 12.2. The minimum atomic E-state index is -0.370. The molecule has 6 heteroatoms. The summed E-state index contributed by atoms with van der Waals surface area (Å²) in [5.74, 6) is -0.292. The van der Waals surface area contributed by atoms with E-state index in [2.05, 4.69) is 47.1 Å². The number of aryl methyl sites for hydroxylation is 3. The van der Waals surface area contributed by atoms with E-state index in [1.54, 1.807) is 18.3 Å². The van der Waals surface area contributed by atoms with Gasteiger partial charge in [0.1, 0.15) is 5.75 Å². The van der Waals surface area contributed by atoms with E-state index in [0.29, 0.717) is 9.13 Å². The number of hydrogen-bond donors (Lipinski definition) is 2. The molecule has 0 atom stereocenters. The minimum Gasteiger partial charge on any atom is -0.507 e. The molecule has 3 rings (SSSR count).